The molecule has 2 atom stereocenters. The lowest BCUT2D eigenvalue weighted by Gasteiger charge is -2.18. The molecule has 0 bridgehead atoms. The van der Waals surface area contributed by atoms with E-state index in [1.54, 1.807) is 13.4 Å². The normalized spacial score (nSPS) is 22.2. The highest BCUT2D eigenvalue weighted by Crippen LogP contribution is 2.33. The molecule has 2 aromatic heterocycles. The third-order valence-corrected chi connectivity index (χ3v) is 5.61. The highest BCUT2D eigenvalue weighted by atomic mass is 16.5. The first-order chi connectivity index (χ1) is 12.7. The number of rotatable bonds is 3. The Kier molecular flexibility index (Phi) is 3.56. The highest BCUT2D eigenvalue weighted by Gasteiger charge is 2.37. The van der Waals surface area contributed by atoms with Gasteiger partial charge in [0.2, 0.25) is 5.95 Å². The number of methoxy groups -OCH3 is 1. The lowest BCUT2D eigenvalue weighted by atomic mass is 10.0. The largest absolute Gasteiger partial charge is 0.496 e. The fourth-order valence-electron chi connectivity index (χ4n) is 4.22. The molecule has 2 fully saturated rings. The molecule has 3 aromatic rings. The lowest BCUT2D eigenvalue weighted by Crippen LogP contribution is -2.27. The van der Waals surface area contributed by atoms with Crippen LogP contribution in [0.1, 0.15) is 5.56 Å². The predicted octanol–water partition coefficient (Wildman–Crippen LogP) is 1.99. The van der Waals surface area contributed by atoms with Crippen molar-refractivity contribution in [3.63, 3.8) is 0 Å². The average Bonchev–Trinajstić information content (AvgIpc) is 3.35. The summed E-state index contributed by atoms with van der Waals surface area (Å²) in [7, 11) is 1.69. The van der Waals surface area contributed by atoms with Crippen LogP contribution < -0.4 is 15.0 Å². The molecule has 5 rings (SSSR count). The first-order valence-corrected chi connectivity index (χ1v) is 9.04. The summed E-state index contributed by atoms with van der Waals surface area (Å²) in [5, 5.41) is 3.48. The van der Waals surface area contributed by atoms with E-state index >= 15 is 0 Å². The van der Waals surface area contributed by atoms with Crippen molar-refractivity contribution in [2.45, 2.75) is 6.92 Å². The van der Waals surface area contributed by atoms with Crippen molar-refractivity contribution in [2.75, 3.05) is 38.2 Å². The Bertz CT molecular complexity index is 956. The second-order valence-electron chi connectivity index (χ2n) is 7.24. The summed E-state index contributed by atoms with van der Waals surface area (Å²) in [6.45, 7) is 6.25. The van der Waals surface area contributed by atoms with Gasteiger partial charge in [0.25, 0.3) is 0 Å². The Morgan fingerprint density at radius 1 is 1.15 bits per heavy atom. The Labute approximate surface area is 151 Å². The van der Waals surface area contributed by atoms with Gasteiger partial charge in [-0.25, -0.2) is 9.97 Å². The maximum Gasteiger partial charge on any atom is 0.228 e. The quantitative estimate of drug-likeness (QED) is 0.752. The number of aromatic nitrogens is 4. The number of nitrogens with zero attached hydrogens (tertiary/aromatic N) is 4. The third kappa shape index (κ3) is 2.42. The molecule has 7 heteroatoms. The Morgan fingerprint density at radius 3 is 2.69 bits per heavy atom. The third-order valence-electron chi connectivity index (χ3n) is 5.61. The SMILES string of the molecule is COc1ccc(-c2nc(N3CC4CNCC4C3)nc3nc[nH]c23)cc1C. The minimum absolute atomic E-state index is 0.695. The molecule has 7 nitrogen and oxygen atoms in total. The second-order valence-corrected chi connectivity index (χ2v) is 7.24. The van der Waals surface area contributed by atoms with Crippen molar-refractivity contribution in [2.24, 2.45) is 11.8 Å². The van der Waals surface area contributed by atoms with Crippen molar-refractivity contribution >= 4 is 17.1 Å². The molecule has 4 heterocycles. The van der Waals surface area contributed by atoms with E-state index in [2.05, 4.69) is 26.3 Å². The summed E-state index contributed by atoms with van der Waals surface area (Å²) in [4.78, 5) is 19.5. The molecule has 2 aliphatic heterocycles. The summed E-state index contributed by atoms with van der Waals surface area (Å²) in [6.07, 6.45) is 1.69. The summed E-state index contributed by atoms with van der Waals surface area (Å²) >= 11 is 0. The lowest BCUT2D eigenvalue weighted by molar-refractivity contribution is 0.412. The minimum atomic E-state index is 0.695. The summed E-state index contributed by atoms with van der Waals surface area (Å²) in [6, 6.07) is 6.13. The van der Waals surface area contributed by atoms with Gasteiger partial charge in [0.15, 0.2) is 5.65 Å². The summed E-state index contributed by atoms with van der Waals surface area (Å²) in [5.41, 5.74) is 4.61. The van der Waals surface area contributed by atoms with Crippen LogP contribution in [0, 0.1) is 18.8 Å². The monoisotopic (exact) mass is 350 g/mol. The van der Waals surface area contributed by atoms with Crippen LogP contribution in [-0.4, -0.2) is 53.2 Å². The summed E-state index contributed by atoms with van der Waals surface area (Å²) < 4.78 is 5.39. The zero-order chi connectivity index (χ0) is 17.7. The van der Waals surface area contributed by atoms with E-state index in [4.69, 9.17) is 14.7 Å². The van der Waals surface area contributed by atoms with Gasteiger partial charge in [0.05, 0.1) is 13.4 Å². The molecule has 1 aromatic carbocycles. The molecular weight excluding hydrogens is 328 g/mol. The number of aromatic amines is 1. The Hall–Kier alpha value is -2.67. The first-order valence-electron chi connectivity index (χ1n) is 9.04. The van der Waals surface area contributed by atoms with Gasteiger partial charge in [0, 0.05) is 31.7 Å². The van der Waals surface area contributed by atoms with Gasteiger partial charge in [-0.2, -0.15) is 4.98 Å². The molecule has 0 spiro atoms. The topological polar surface area (TPSA) is 79.0 Å². The molecule has 0 saturated carbocycles. The fourth-order valence-corrected chi connectivity index (χ4v) is 4.22. The van der Waals surface area contributed by atoms with Gasteiger partial charge in [-0.15, -0.1) is 0 Å². The van der Waals surface area contributed by atoms with E-state index in [-0.39, 0.29) is 0 Å². The number of H-pyrrole nitrogens is 1. The van der Waals surface area contributed by atoms with Crippen LogP contribution >= 0.6 is 0 Å². The molecule has 2 aliphatic rings. The van der Waals surface area contributed by atoms with Crippen LogP contribution in [0.3, 0.4) is 0 Å². The van der Waals surface area contributed by atoms with Crippen molar-refractivity contribution in [3.05, 3.63) is 30.1 Å². The van der Waals surface area contributed by atoms with Gasteiger partial charge < -0.3 is 19.9 Å². The van der Waals surface area contributed by atoms with E-state index in [1.807, 2.05) is 19.1 Å². The molecule has 26 heavy (non-hydrogen) atoms. The van der Waals surface area contributed by atoms with Crippen molar-refractivity contribution < 1.29 is 4.74 Å². The zero-order valence-electron chi connectivity index (χ0n) is 15.0. The number of hydrogen-bond acceptors (Lipinski definition) is 6. The molecule has 2 N–H and O–H groups in total. The van der Waals surface area contributed by atoms with Gasteiger partial charge in [-0.05, 0) is 42.5 Å². The number of fused-ring (bicyclic) bond motifs is 2. The number of aryl methyl sites for hydroxylation is 1. The maximum atomic E-state index is 5.39. The second kappa shape index (κ2) is 5.95. The summed E-state index contributed by atoms with van der Waals surface area (Å²) in [5.74, 6) is 3.05. The van der Waals surface area contributed by atoms with E-state index in [0.29, 0.717) is 17.5 Å². The number of benzene rings is 1. The molecule has 0 aliphatic carbocycles. The van der Waals surface area contributed by atoms with E-state index in [9.17, 15) is 0 Å². The van der Waals surface area contributed by atoms with E-state index in [0.717, 1.165) is 60.2 Å². The molecule has 2 unspecified atom stereocenters. The van der Waals surface area contributed by atoms with E-state index < -0.39 is 0 Å². The highest BCUT2D eigenvalue weighted by molar-refractivity contribution is 5.88. The van der Waals surface area contributed by atoms with Gasteiger partial charge >= 0.3 is 0 Å². The number of nitrogens with one attached hydrogen (secondary N) is 2. The number of hydrogen-bond donors (Lipinski definition) is 2. The molecule has 0 radical (unpaired) electrons. The van der Waals surface area contributed by atoms with E-state index in [1.165, 1.54) is 0 Å². The van der Waals surface area contributed by atoms with Crippen LogP contribution in [0.5, 0.6) is 5.75 Å². The number of ether oxygens (including phenoxy) is 1. The van der Waals surface area contributed by atoms with Gasteiger partial charge in [0.1, 0.15) is 17.0 Å². The Morgan fingerprint density at radius 2 is 1.96 bits per heavy atom. The maximum absolute atomic E-state index is 5.39. The molecule has 0 amide bonds. The fraction of sp³-hybridized carbons (Fsp3) is 0.421. The van der Waals surface area contributed by atoms with Crippen LogP contribution in [0.2, 0.25) is 0 Å². The number of anilines is 1. The standard InChI is InChI=1S/C19H22N6O/c1-11-5-12(3-4-15(11)26-2)16-17-18(22-10-21-17)24-19(23-16)25-8-13-6-20-7-14(13)9-25/h3-5,10,13-14,20H,6-9H2,1-2H3,(H,21,22,23,24). The minimum Gasteiger partial charge on any atom is -0.496 e. The van der Waals surface area contributed by atoms with Crippen LogP contribution in [-0.2, 0) is 0 Å². The van der Waals surface area contributed by atoms with Crippen LogP contribution in [0.25, 0.3) is 22.4 Å². The number of imidazole rings is 1. The van der Waals surface area contributed by atoms with Gasteiger partial charge in [-0.1, -0.05) is 0 Å². The van der Waals surface area contributed by atoms with Crippen LogP contribution in [0.4, 0.5) is 5.95 Å². The average molecular weight is 350 g/mol. The van der Waals surface area contributed by atoms with Crippen molar-refractivity contribution in [1.29, 1.82) is 0 Å². The van der Waals surface area contributed by atoms with Gasteiger partial charge in [-0.3, -0.25) is 0 Å². The molecular formula is C19H22N6O. The smallest absolute Gasteiger partial charge is 0.228 e. The van der Waals surface area contributed by atoms with Crippen molar-refractivity contribution in [1.82, 2.24) is 25.3 Å². The Balaban J connectivity index is 1.59. The molecule has 134 valence electrons. The van der Waals surface area contributed by atoms with Crippen molar-refractivity contribution in [3.8, 4) is 17.0 Å². The van der Waals surface area contributed by atoms with Crippen LogP contribution in [0.15, 0.2) is 24.5 Å². The first kappa shape index (κ1) is 15.6. The molecule has 2 saturated heterocycles. The predicted molar refractivity (Wildman–Crippen MR) is 100 cm³/mol. The zero-order valence-corrected chi connectivity index (χ0v) is 15.0.